The Morgan fingerprint density at radius 1 is 1.55 bits per heavy atom. The van der Waals surface area contributed by atoms with Gasteiger partial charge in [0.15, 0.2) is 0 Å². The lowest BCUT2D eigenvalue weighted by Crippen LogP contribution is -1.91. The van der Waals surface area contributed by atoms with Crippen molar-refractivity contribution in [2.24, 2.45) is 0 Å². The Morgan fingerprint density at radius 3 is 3.00 bits per heavy atom. The van der Waals surface area contributed by atoms with Crippen LogP contribution in [0.2, 0.25) is 5.02 Å². The maximum absolute atomic E-state index is 5.81. The summed E-state index contributed by atoms with van der Waals surface area (Å²) >= 11 is 5.81. The van der Waals surface area contributed by atoms with Crippen molar-refractivity contribution in [2.75, 3.05) is 6.61 Å². The summed E-state index contributed by atoms with van der Waals surface area (Å²) in [4.78, 5) is 0. The van der Waals surface area contributed by atoms with Gasteiger partial charge in [-0.3, -0.25) is 0 Å². The summed E-state index contributed by atoms with van der Waals surface area (Å²) in [6.45, 7) is 0.909. The molecule has 1 heterocycles. The summed E-state index contributed by atoms with van der Waals surface area (Å²) < 4.78 is 5.11. The molecule has 1 aliphatic heterocycles. The zero-order valence-electron chi connectivity index (χ0n) is 6.09. The van der Waals surface area contributed by atoms with Gasteiger partial charge in [0.1, 0.15) is 0 Å². The smallest absolute Gasteiger partial charge is 0.0850 e. The summed E-state index contributed by atoms with van der Waals surface area (Å²) in [6.07, 6.45) is 1.45. The average Bonchev–Trinajstić information content (AvgIpc) is 2.71. The van der Waals surface area contributed by atoms with Crippen LogP contribution in [0, 0.1) is 0 Å². The van der Waals surface area contributed by atoms with Crippen molar-refractivity contribution in [3.8, 4) is 0 Å². The van der Waals surface area contributed by atoms with E-state index in [-0.39, 0.29) is 0 Å². The predicted octanol–water partition coefficient (Wildman–Crippen LogP) is 2.28. The normalized spacial score (nSPS) is 21.7. The quantitative estimate of drug-likeness (QED) is 0.618. The van der Waals surface area contributed by atoms with Gasteiger partial charge in [-0.2, -0.15) is 0 Å². The molecule has 2 heteroatoms. The Kier molecular flexibility index (Phi) is 1.84. The molecule has 0 aliphatic carbocycles. The van der Waals surface area contributed by atoms with Gasteiger partial charge in [0.25, 0.3) is 0 Å². The van der Waals surface area contributed by atoms with Crippen LogP contribution in [0.4, 0.5) is 0 Å². The number of halogens is 1. The summed E-state index contributed by atoms with van der Waals surface area (Å²) in [5, 5.41) is 0.808. The fraction of sp³-hybridized carbons (Fsp3) is 0.333. The van der Waals surface area contributed by atoms with Crippen molar-refractivity contribution < 1.29 is 4.74 Å². The highest BCUT2D eigenvalue weighted by atomic mass is 35.5. The molecular formula is C9H9ClO. The maximum atomic E-state index is 5.81. The predicted molar refractivity (Wildman–Crippen MR) is 44.9 cm³/mol. The van der Waals surface area contributed by atoms with E-state index >= 15 is 0 Å². The Bertz CT molecular complexity index is 255. The molecule has 1 aromatic rings. The highest BCUT2D eigenvalue weighted by Gasteiger charge is 2.22. The zero-order chi connectivity index (χ0) is 7.68. The van der Waals surface area contributed by atoms with Crippen molar-refractivity contribution in [3.63, 3.8) is 0 Å². The molecule has 1 fully saturated rings. The Morgan fingerprint density at radius 2 is 2.36 bits per heavy atom. The van der Waals surface area contributed by atoms with Gasteiger partial charge < -0.3 is 4.74 Å². The van der Waals surface area contributed by atoms with Crippen LogP contribution in [0.1, 0.15) is 5.56 Å². The molecule has 0 N–H and O–H groups in total. The van der Waals surface area contributed by atoms with Gasteiger partial charge in [-0.15, -0.1) is 0 Å². The van der Waals surface area contributed by atoms with Crippen LogP contribution in [-0.2, 0) is 11.2 Å². The first-order chi connectivity index (χ1) is 5.34. The summed E-state index contributed by atoms with van der Waals surface area (Å²) in [7, 11) is 0. The molecule has 1 aliphatic rings. The molecule has 1 nitrogen and oxygen atoms in total. The van der Waals surface area contributed by atoms with Crippen molar-refractivity contribution in [2.45, 2.75) is 12.5 Å². The summed E-state index contributed by atoms with van der Waals surface area (Å²) in [5.74, 6) is 0. The third-order valence-electron chi connectivity index (χ3n) is 1.75. The number of hydrogen-bond acceptors (Lipinski definition) is 1. The Balaban J connectivity index is 2.10. The van der Waals surface area contributed by atoms with E-state index in [1.165, 1.54) is 5.56 Å². The monoisotopic (exact) mass is 168 g/mol. The van der Waals surface area contributed by atoms with Crippen LogP contribution in [0.25, 0.3) is 0 Å². The zero-order valence-corrected chi connectivity index (χ0v) is 6.84. The molecule has 0 spiro atoms. The minimum Gasteiger partial charge on any atom is -0.373 e. The Hall–Kier alpha value is -0.530. The topological polar surface area (TPSA) is 12.5 Å². The van der Waals surface area contributed by atoms with E-state index in [2.05, 4.69) is 6.07 Å². The lowest BCUT2D eigenvalue weighted by molar-refractivity contribution is 0.407. The van der Waals surface area contributed by atoms with Gasteiger partial charge in [-0.05, 0) is 17.7 Å². The van der Waals surface area contributed by atoms with Crippen LogP contribution in [0.3, 0.4) is 0 Å². The largest absolute Gasteiger partial charge is 0.373 e. The lowest BCUT2D eigenvalue weighted by Gasteiger charge is -1.96. The van der Waals surface area contributed by atoms with E-state index < -0.39 is 0 Å². The van der Waals surface area contributed by atoms with Crippen LogP contribution in [-0.4, -0.2) is 12.7 Å². The second-order valence-corrected chi connectivity index (χ2v) is 3.23. The van der Waals surface area contributed by atoms with Crippen LogP contribution >= 0.6 is 11.6 Å². The summed E-state index contributed by atoms with van der Waals surface area (Å²) in [6, 6.07) is 7.93. The molecule has 0 saturated carbocycles. The molecule has 0 unspecified atom stereocenters. The lowest BCUT2D eigenvalue weighted by atomic mass is 10.1. The average molecular weight is 169 g/mol. The SMILES string of the molecule is Clc1cccc(C[C@@H]2CO2)c1. The third kappa shape index (κ3) is 1.95. The first-order valence-corrected chi connectivity index (χ1v) is 4.08. The highest BCUT2D eigenvalue weighted by molar-refractivity contribution is 6.30. The number of hydrogen-bond donors (Lipinski definition) is 0. The number of rotatable bonds is 2. The van der Waals surface area contributed by atoms with E-state index in [0.717, 1.165) is 18.1 Å². The molecule has 0 bridgehead atoms. The second kappa shape index (κ2) is 2.84. The molecule has 0 aromatic heterocycles. The van der Waals surface area contributed by atoms with Crippen molar-refractivity contribution in [1.29, 1.82) is 0 Å². The first-order valence-electron chi connectivity index (χ1n) is 3.70. The van der Waals surface area contributed by atoms with Crippen LogP contribution < -0.4 is 0 Å². The molecule has 1 aromatic carbocycles. The van der Waals surface area contributed by atoms with Gasteiger partial charge in [-0.1, -0.05) is 23.7 Å². The van der Waals surface area contributed by atoms with E-state index in [1.807, 2.05) is 18.2 Å². The van der Waals surface area contributed by atoms with Crippen LogP contribution in [0.5, 0.6) is 0 Å². The second-order valence-electron chi connectivity index (χ2n) is 2.79. The van der Waals surface area contributed by atoms with Gasteiger partial charge >= 0.3 is 0 Å². The summed E-state index contributed by atoms with van der Waals surface area (Å²) in [5.41, 5.74) is 1.26. The van der Waals surface area contributed by atoms with Crippen molar-refractivity contribution in [3.05, 3.63) is 34.9 Å². The van der Waals surface area contributed by atoms with E-state index in [0.29, 0.717) is 6.10 Å². The fourth-order valence-electron chi connectivity index (χ4n) is 1.11. The maximum Gasteiger partial charge on any atom is 0.0850 e. The molecule has 11 heavy (non-hydrogen) atoms. The molecule has 1 atom stereocenters. The van der Waals surface area contributed by atoms with E-state index in [1.54, 1.807) is 0 Å². The molecule has 2 rings (SSSR count). The van der Waals surface area contributed by atoms with Crippen molar-refractivity contribution >= 4 is 11.6 Å². The van der Waals surface area contributed by atoms with Gasteiger partial charge in [0, 0.05) is 11.4 Å². The molecule has 1 saturated heterocycles. The molecular weight excluding hydrogens is 160 g/mol. The standard InChI is InChI=1S/C9H9ClO/c10-8-3-1-2-7(4-8)5-9-6-11-9/h1-4,9H,5-6H2/t9-/m1/s1. The fourth-order valence-corrected chi connectivity index (χ4v) is 1.33. The number of ether oxygens (including phenoxy) is 1. The van der Waals surface area contributed by atoms with Gasteiger partial charge in [0.05, 0.1) is 12.7 Å². The molecule has 0 amide bonds. The third-order valence-corrected chi connectivity index (χ3v) is 1.99. The Labute approximate surface area is 70.9 Å². The van der Waals surface area contributed by atoms with E-state index in [4.69, 9.17) is 16.3 Å². The minimum atomic E-state index is 0.452. The van der Waals surface area contributed by atoms with Gasteiger partial charge in [0.2, 0.25) is 0 Å². The number of benzene rings is 1. The molecule has 58 valence electrons. The van der Waals surface area contributed by atoms with E-state index in [9.17, 15) is 0 Å². The minimum absolute atomic E-state index is 0.452. The highest BCUT2D eigenvalue weighted by Crippen LogP contribution is 2.18. The molecule has 0 radical (unpaired) electrons. The number of epoxide rings is 1. The van der Waals surface area contributed by atoms with Crippen molar-refractivity contribution in [1.82, 2.24) is 0 Å². The first kappa shape index (κ1) is 7.14. The van der Waals surface area contributed by atoms with Gasteiger partial charge in [-0.25, -0.2) is 0 Å². The van der Waals surface area contributed by atoms with Crippen LogP contribution in [0.15, 0.2) is 24.3 Å².